The number of rotatable bonds is 5. The molecule has 1 aliphatic carbocycles. The van der Waals surface area contributed by atoms with E-state index in [1.807, 2.05) is 36.7 Å². The Labute approximate surface area is 204 Å². The molecule has 0 radical (unpaired) electrons. The van der Waals surface area contributed by atoms with E-state index in [1.54, 1.807) is 4.90 Å². The van der Waals surface area contributed by atoms with Crippen molar-refractivity contribution < 1.29 is 19.1 Å². The van der Waals surface area contributed by atoms with Crippen molar-refractivity contribution >= 4 is 17.7 Å². The van der Waals surface area contributed by atoms with Crippen LogP contribution in [0.2, 0.25) is 0 Å². The molecule has 3 amide bonds. The largest absolute Gasteiger partial charge is 0.489 e. The number of fused-ring (bicyclic) bond motifs is 1. The summed E-state index contributed by atoms with van der Waals surface area (Å²) in [6.45, 7) is 2.44. The van der Waals surface area contributed by atoms with Crippen molar-refractivity contribution in [3.63, 3.8) is 0 Å². The fraction of sp³-hybridized carbons (Fsp3) is 0.481. The second-order valence-electron chi connectivity index (χ2n) is 10.2. The molecule has 0 bridgehead atoms. The molecule has 2 saturated heterocycles. The zero-order chi connectivity index (χ0) is 23.9. The first-order chi connectivity index (χ1) is 17.1. The first-order valence-electron chi connectivity index (χ1n) is 12.6. The molecule has 182 valence electrons. The minimum atomic E-state index is -0.598. The number of likely N-dealkylation sites (tertiary alicyclic amines) is 1. The minimum absolute atomic E-state index is 0.125. The molecular formula is C27H30N4O4. The van der Waals surface area contributed by atoms with Crippen molar-refractivity contribution in [3.8, 4) is 5.75 Å². The van der Waals surface area contributed by atoms with E-state index in [9.17, 15) is 14.4 Å². The maximum Gasteiger partial charge on any atom is 0.255 e. The lowest BCUT2D eigenvalue weighted by Gasteiger charge is -2.48. The second-order valence-corrected chi connectivity index (χ2v) is 10.2. The van der Waals surface area contributed by atoms with Gasteiger partial charge in [-0.05, 0) is 61.1 Å². The van der Waals surface area contributed by atoms with Gasteiger partial charge in [0.25, 0.3) is 5.91 Å². The predicted octanol–water partition coefficient (Wildman–Crippen LogP) is 2.63. The first-order valence-corrected chi connectivity index (χ1v) is 12.6. The van der Waals surface area contributed by atoms with Crippen LogP contribution >= 0.6 is 0 Å². The van der Waals surface area contributed by atoms with Gasteiger partial charge >= 0.3 is 0 Å². The van der Waals surface area contributed by atoms with Gasteiger partial charge in [-0.25, -0.2) is 0 Å². The van der Waals surface area contributed by atoms with E-state index in [0.29, 0.717) is 30.5 Å². The highest BCUT2D eigenvalue weighted by atomic mass is 16.5. The Hall–Kier alpha value is -3.26. The van der Waals surface area contributed by atoms with Gasteiger partial charge in [0.2, 0.25) is 11.8 Å². The van der Waals surface area contributed by atoms with Gasteiger partial charge in [0.05, 0.1) is 0 Å². The van der Waals surface area contributed by atoms with Gasteiger partial charge < -0.3 is 9.64 Å². The van der Waals surface area contributed by atoms with Crippen LogP contribution in [0.4, 0.5) is 0 Å². The lowest BCUT2D eigenvalue weighted by atomic mass is 9.85. The van der Waals surface area contributed by atoms with Crippen LogP contribution in [-0.4, -0.2) is 63.8 Å². The van der Waals surface area contributed by atoms with Gasteiger partial charge in [0.15, 0.2) is 0 Å². The van der Waals surface area contributed by atoms with Gasteiger partial charge in [-0.3, -0.25) is 29.6 Å². The van der Waals surface area contributed by atoms with Crippen molar-refractivity contribution in [2.75, 3.05) is 13.1 Å². The average molecular weight is 475 g/mol. The Morgan fingerprint density at radius 1 is 1.03 bits per heavy atom. The van der Waals surface area contributed by atoms with E-state index in [2.05, 4.69) is 21.3 Å². The minimum Gasteiger partial charge on any atom is -0.489 e. The Morgan fingerprint density at radius 3 is 2.69 bits per heavy atom. The number of carbonyl (C=O) groups excluding carboxylic acids is 3. The molecule has 0 spiro atoms. The maximum atomic E-state index is 13.0. The summed E-state index contributed by atoms with van der Waals surface area (Å²) >= 11 is 0. The Balaban J connectivity index is 1.12. The van der Waals surface area contributed by atoms with E-state index >= 15 is 0 Å². The van der Waals surface area contributed by atoms with Crippen LogP contribution in [0.1, 0.15) is 65.9 Å². The SMILES string of the molecule is O=C1CCC(N2Cc3cc(O[C@@H]4CCCC[C@@H]4N4CC(c5cccnc5)C4)ccc3C2=O)C(=O)N1. The number of amides is 3. The van der Waals surface area contributed by atoms with Gasteiger partial charge in [-0.15, -0.1) is 0 Å². The van der Waals surface area contributed by atoms with Crippen molar-refractivity contribution in [2.45, 2.75) is 69.2 Å². The molecular weight excluding hydrogens is 444 g/mol. The van der Waals surface area contributed by atoms with Crippen LogP contribution in [0.5, 0.6) is 5.75 Å². The molecule has 8 heteroatoms. The van der Waals surface area contributed by atoms with E-state index in [-0.39, 0.29) is 30.2 Å². The number of benzene rings is 1. The Morgan fingerprint density at radius 2 is 1.89 bits per heavy atom. The fourth-order valence-corrected chi connectivity index (χ4v) is 6.04. The fourth-order valence-electron chi connectivity index (χ4n) is 6.04. The van der Waals surface area contributed by atoms with Gasteiger partial charge in [-0.2, -0.15) is 0 Å². The number of nitrogens with zero attached hydrogens (tertiary/aromatic N) is 3. The third-order valence-corrected chi connectivity index (χ3v) is 7.98. The highest BCUT2D eigenvalue weighted by molar-refractivity contribution is 6.05. The molecule has 3 fully saturated rings. The summed E-state index contributed by atoms with van der Waals surface area (Å²) in [5, 5.41) is 2.35. The summed E-state index contributed by atoms with van der Waals surface area (Å²) in [4.78, 5) is 45.2. The summed E-state index contributed by atoms with van der Waals surface area (Å²) < 4.78 is 6.53. The zero-order valence-corrected chi connectivity index (χ0v) is 19.7. The van der Waals surface area contributed by atoms with Crippen LogP contribution in [0.3, 0.4) is 0 Å². The van der Waals surface area contributed by atoms with Crippen LogP contribution in [0, 0.1) is 0 Å². The number of ether oxygens (including phenoxy) is 1. The van der Waals surface area contributed by atoms with E-state index < -0.39 is 6.04 Å². The normalized spacial score (nSPS) is 27.4. The van der Waals surface area contributed by atoms with E-state index in [1.165, 1.54) is 12.0 Å². The van der Waals surface area contributed by atoms with Gasteiger partial charge in [0, 0.05) is 56.0 Å². The van der Waals surface area contributed by atoms with E-state index in [0.717, 1.165) is 43.7 Å². The zero-order valence-electron chi connectivity index (χ0n) is 19.7. The molecule has 1 aromatic heterocycles. The number of hydrogen-bond acceptors (Lipinski definition) is 6. The summed E-state index contributed by atoms with van der Waals surface area (Å²) in [7, 11) is 0. The van der Waals surface area contributed by atoms with E-state index in [4.69, 9.17) is 4.74 Å². The Kier molecular flexibility index (Phi) is 5.76. The standard InChI is InChI=1S/C27H30N4O4/c32-25-10-9-23(26(33)29-25)31-16-18-12-20(7-8-21(18)27(31)34)35-24-6-2-1-5-22(24)30-14-19(15-30)17-4-3-11-28-13-17/h3-4,7-8,11-13,19,22-24H,1-2,5-6,9-10,14-16H2,(H,29,32,33)/t22-,23?,24+/m0/s1. The van der Waals surface area contributed by atoms with Gasteiger partial charge in [0.1, 0.15) is 17.9 Å². The number of pyridine rings is 1. The number of hydrogen-bond donors (Lipinski definition) is 1. The van der Waals surface area contributed by atoms with Crippen LogP contribution in [0.15, 0.2) is 42.7 Å². The highest BCUT2D eigenvalue weighted by Crippen LogP contribution is 2.36. The smallest absolute Gasteiger partial charge is 0.255 e. The molecule has 4 aliphatic rings. The maximum absolute atomic E-state index is 13.0. The van der Waals surface area contributed by atoms with Crippen molar-refractivity contribution in [1.82, 2.24) is 20.1 Å². The molecule has 1 aromatic carbocycles. The van der Waals surface area contributed by atoms with Crippen LogP contribution < -0.4 is 10.1 Å². The highest BCUT2D eigenvalue weighted by Gasteiger charge is 2.41. The molecule has 3 aliphatic heterocycles. The Bertz CT molecular complexity index is 1150. The molecule has 8 nitrogen and oxygen atoms in total. The van der Waals surface area contributed by atoms with Crippen LogP contribution in [-0.2, 0) is 16.1 Å². The van der Waals surface area contributed by atoms with Crippen molar-refractivity contribution in [3.05, 3.63) is 59.4 Å². The lowest BCUT2D eigenvalue weighted by Crippen LogP contribution is -2.57. The molecule has 1 unspecified atom stereocenters. The molecule has 2 aromatic rings. The molecule has 35 heavy (non-hydrogen) atoms. The number of imide groups is 1. The van der Waals surface area contributed by atoms with Gasteiger partial charge in [-0.1, -0.05) is 12.5 Å². The molecule has 4 heterocycles. The first kappa shape index (κ1) is 22.2. The van der Waals surface area contributed by atoms with Crippen LogP contribution in [0.25, 0.3) is 0 Å². The summed E-state index contributed by atoms with van der Waals surface area (Å²) in [5.41, 5.74) is 2.80. The molecule has 6 rings (SSSR count). The monoisotopic (exact) mass is 474 g/mol. The lowest BCUT2D eigenvalue weighted by molar-refractivity contribution is -0.136. The summed E-state index contributed by atoms with van der Waals surface area (Å²) in [6, 6.07) is 9.62. The second kappa shape index (κ2) is 9.07. The summed E-state index contributed by atoms with van der Waals surface area (Å²) in [6.07, 6.45) is 9.08. The predicted molar refractivity (Wildman–Crippen MR) is 128 cm³/mol. The molecule has 1 saturated carbocycles. The summed E-state index contributed by atoms with van der Waals surface area (Å²) in [5.74, 6) is 0.502. The average Bonchev–Trinajstić information content (AvgIpc) is 3.15. The van der Waals surface area contributed by atoms with Crippen molar-refractivity contribution in [1.29, 1.82) is 0 Å². The third kappa shape index (κ3) is 4.20. The third-order valence-electron chi connectivity index (χ3n) is 7.98. The molecule has 3 atom stereocenters. The van der Waals surface area contributed by atoms with Crippen molar-refractivity contribution in [2.24, 2.45) is 0 Å². The number of nitrogens with one attached hydrogen (secondary N) is 1. The number of piperidine rings is 1. The molecule has 1 N–H and O–H groups in total. The quantitative estimate of drug-likeness (QED) is 0.670. The number of aromatic nitrogens is 1. The number of carbonyl (C=O) groups is 3. The topological polar surface area (TPSA) is 91.8 Å².